The highest BCUT2D eigenvalue weighted by molar-refractivity contribution is 9.10. The molecule has 1 amide bonds. The lowest BCUT2D eigenvalue weighted by Crippen LogP contribution is -2.44. The van der Waals surface area contributed by atoms with E-state index in [9.17, 15) is 4.79 Å². The van der Waals surface area contributed by atoms with Crippen molar-refractivity contribution in [1.29, 1.82) is 0 Å². The molecule has 0 spiro atoms. The number of likely N-dealkylation sites (tertiary alicyclic amines) is 1. The largest absolute Gasteiger partial charge is 0.383 e. The van der Waals surface area contributed by atoms with E-state index in [1.165, 1.54) is 0 Å². The number of rotatable bonds is 4. The maximum atomic E-state index is 11.5. The molecule has 32 heavy (non-hydrogen) atoms. The lowest BCUT2D eigenvalue weighted by Gasteiger charge is -2.31. The number of nitrogens with zero attached hydrogens (tertiary/aromatic N) is 5. The molecule has 3 N–H and O–H groups in total. The summed E-state index contributed by atoms with van der Waals surface area (Å²) < 4.78 is 2.40. The van der Waals surface area contributed by atoms with Gasteiger partial charge < -0.3 is 16.0 Å². The van der Waals surface area contributed by atoms with Crippen LogP contribution >= 0.6 is 15.9 Å². The molecule has 0 radical (unpaired) electrons. The molecule has 0 saturated carbocycles. The number of para-hydroxylation sites is 1. The number of nitrogen functional groups attached to an aromatic ring is 1. The molecule has 5 rings (SSSR count). The Labute approximate surface area is 194 Å². The second-order valence-electron chi connectivity index (χ2n) is 8.13. The van der Waals surface area contributed by atoms with Crippen LogP contribution in [0.2, 0.25) is 0 Å². The van der Waals surface area contributed by atoms with Crippen molar-refractivity contribution in [2.45, 2.75) is 32.4 Å². The Kier molecular flexibility index (Phi) is 5.52. The van der Waals surface area contributed by atoms with Gasteiger partial charge in [0.15, 0.2) is 5.65 Å². The first-order valence-electron chi connectivity index (χ1n) is 10.7. The van der Waals surface area contributed by atoms with Gasteiger partial charge in [0.25, 0.3) is 0 Å². The molecule has 4 aromatic rings. The third kappa shape index (κ3) is 3.82. The quantitative estimate of drug-likeness (QED) is 0.451. The number of carbonyl (C=O) groups is 1. The molecule has 3 aromatic heterocycles. The Bertz CT molecular complexity index is 1310. The van der Waals surface area contributed by atoms with Crippen LogP contribution in [0, 0.1) is 0 Å². The fourth-order valence-corrected chi connectivity index (χ4v) is 4.62. The van der Waals surface area contributed by atoms with Crippen LogP contribution < -0.4 is 11.1 Å². The average molecular weight is 494 g/mol. The molecule has 8 nitrogen and oxygen atoms in total. The standard InChI is InChI=1S/C23H24BrN7O/c1-14(32)30-8-6-17(7-9-30)26-13-20-21(24)22(25)31-23(29-20)18(12-28-31)16-10-15-4-2-3-5-19(15)27-11-16/h2-5,10-12,17,26H,6-9,13,25H2,1H3. The second-order valence-corrected chi connectivity index (χ2v) is 8.92. The first-order valence-corrected chi connectivity index (χ1v) is 11.5. The number of hydrogen-bond donors (Lipinski definition) is 2. The van der Waals surface area contributed by atoms with Gasteiger partial charge in [-0.3, -0.25) is 9.78 Å². The van der Waals surface area contributed by atoms with Crippen molar-refractivity contribution in [1.82, 2.24) is 29.8 Å². The van der Waals surface area contributed by atoms with E-state index in [2.05, 4.69) is 37.4 Å². The number of pyridine rings is 1. The summed E-state index contributed by atoms with van der Waals surface area (Å²) in [4.78, 5) is 22.9. The molecule has 0 bridgehead atoms. The summed E-state index contributed by atoms with van der Waals surface area (Å²) in [5.41, 5.74) is 10.7. The van der Waals surface area contributed by atoms with Crippen molar-refractivity contribution in [2.24, 2.45) is 0 Å². The molecule has 1 aromatic carbocycles. The van der Waals surface area contributed by atoms with Crippen LogP contribution in [0.1, 0.15) is 25.5 Å². The van der Waals surface area contributed by atoms with Gasteiger partial charge in [0.1, 0.15) is 5.82 Å². The van der Waals surface area contributed by atoms with Gasteiger partial charge in [-0.1, -0.05) is 18.2 Å². The van der Waals surface area contributed by atoms with Gasteiger partial charge in [-0.2, -0.15) is 9.61 Å². The Morgan fingerprint density at radius 3 is 2.81 bits per heavy atom. The van der Waals surface area contributed by atoms with Crippen LogP contribution in [-0.4, -0.2) is 49.5 Å². The normalized spacial score (nSPS) is 15.0. The van der Waals surface area contributed by atoms with Crippen LogP contribution in [0.4, 0.5) is 5.82 Å². The summed E-state index contributed by atoms with van der Waals surface area (Å²) in [6.45, 7) is 3.77. The van der Waals surface area contributed by atoms with E-state index in [0.717, 1.165) is 58.1 Å². The molecule has 1 fully saturated rings. The van der Waals surface area contributed by atoms with Crippen molar-refractivity contribution in [3.05, 3.63) is 52.9 Å². The molecule has 0 unspecified atom stereocenters. The van der Waals surface area contributed by atoms with E-state index in [0.29, 0.717) is 24.1 Å². The third-order valence-electron chi connectivity index (χ3n) is 6.09. The SMILES string of the molecule is CC(=O)N1CCC(NCc2nc3c(-c4cnc5ccccc5c4)cnn3c(N)c2Br)CC1. The smallest absolute Gasteiger partial charge is 0.219 e. The van der Waals surface area contributed by atoms with Crippen molar-refractivity contribution in [2.75, 3.05) is 18.8 Å². The minimum atomic E-state index is 0.141. The van der Waals surface area contributed by atoms with Gasteiger partial charge >= 0.3 is 0 Å². The molecule has 4 heterocycles. The number of amides is 1. The number of carbonyl (C=O) groups excluding carboxylic acids is 1. The number of hydrogen-bond acceptors (Lipinski definition) is 6. The predicted octanol–water partition coefficient (Wildman–Crippen LogP) is 3.39. The highest BCUT2D eigenvalue weighted by Gasteiger charge is 2.22. The van der Waals surface area contributed by atoms with Crippen molar-refractivity contribution in [3.63, 3.8) is 0 Å². The van der Waals surface area contributed by atoms with E-state index >= 15 is 0 Å². The summed E-state index contributed by atoms with van der Waals surface area (Å²) in [5.74, 6) is 0.653. The zero-order chi connectivity index (χ0) is 22.2. The summed E-state index contributed by atoms with van der Waals surface area (Å²) in [6.07, 6.45) is 5.48. The van der Waals surface area contributed by atoms with Crippen LogP contribution in [0.5, 0.6) is 0 Å². The zero-order valence-electron chi connectivity index (χ0n) is 17.8. The van der Waals surface area contributed by atoms with Crippen molar-refractivity contribution in [3.8, 4) is 11.1 Å². The van der Waals surface area contributed by atoms with E-state index in [1.807, 2.05) is 35.4 Å². The van der Waals surface area contributed by atoms with Gasteiger partial charge in [-0.15, -0.1) is 0 Å². The maximum absolute atomic E-state index is 11.5. The van der Waals surface area contributed by atoms with Crippen molar-refractivity contribution < 1.29 is 4.79 Å². The number of nitrogens with one attached hydrogen (secondary N) is 1. The predicted molar refractivity (Wildman–Crippen MR) is 128 cm³/mol. The average Bonchev–Trinajstić information content (AvgIpc) is 3.24. The lowest BCUT2D eigenvalue weighted by atomic mass is 10.0. The molecule has 9 heteroatoms. The van der Waals surface area contributed by atoms with Gasteiger partial charge in [0, 0.05) is 55.3 Å². The Balaban J connectivity index is 1.43. The molecule has 164 valence electrons. The maximum Gasteiger partial charge on any atom is 0.219 e. The first kappa shape index (κ1) is 20.8. The highest BCUT2D eigenvalue weighted by atomic mass is 79.9. The van der Waals surface area contributed by atoms with Crippen LogP contribution in [0.15, 0.2) is 47.2 Å². The molecule has 1 saturated heterocycles. The van der Waals surface area contributed by atoms with Gasteiger partial charge in [0.2, 0.25) is 5.91 Å². The van der Waals surface area contributed by atoms with Crippen LogP contribution in [-0.2, 0) is 11.3 Å². The number of piperidine rings is 1. The molecule has 0 aliphatic carbocycles. The summed E-state index contributed by atoms with van der Waals surface area (Å²) in [7, 11) is 0. The Hall–Kier alpha value is -3.04. The lowest BCUT2D eigenvalue weighted by molar-refractivity contribution is -0.129. The van der Waals surface area contributed by atoms with E-state index in [1.54, 1.807) is 17.6 Å². The van der Waals surface area contributed by atoms with E-state index in [4.69, 9.17) is 10.7 Å². The summed E-state index contributed by atoms with van der Waals surface area (Å²) in [5, 5.41) is 9.11. The minimum Gasteiger partial charge on any atom is -0.383 e. The second kappa shape index (κ2) is 8.48. The molecular formula is C23H24BrN7O. The first-order chi connectivity index (χ1) is 15.5. The fraction of sp³-hybridized carbons (Fsp3) is 0.304. The van der Waals surface area contributed by atoms with Crippen molar-refractivity contribution >= 4 is 44.2 Å². The molecular weight excluding hydrogens is 470 g/mol. The van der Waals surface area contributed by atoms with Crippen LogP contribution in [0.3, 0.4) is 0 Å². The van der Waals surface area contributed by atoms with E-state index < -0.39 is 0 Å². The van der Waals surface area contributed by atoms with Gasteiger partial charge in [-0.25, -0.2) is 4.98 Å². The van der Waals surface area contributed by atoms with Gasteiger partial charge in [0.05, 0.1) is 21.9 Å². The highest BCUT2D eigenvalue weighted by Crippen LogP contribution is 2.30. The minimum absolute atomic E-state index is 0.141. The Morgan fingerprint density at radius 2 is 2.03 bits per heavy atom. The monoisotopic (exact) mass is 493 g/mol. The topological polar surface area (TPSA) is 101 Å². The Morgan fingerprint density at radius 1 is 1.25 bits per heavy atom. The van der Waals surface area contributed by atoms with E-state index in [-0.39, 0.29) is 5.91 Å². The number of fused-ring (bicyclic) bond motifs is 2. The molecule has 1 aliphatic heterocycles. The number of nitrogens with two attached hydrogens (primary N) is 1. The molecule has 0 atom stereocenters. The fourth-order valence-electron chi connectivity index (χ4n) is 4.22. The summed E-state index contributed by atoms with van der Waals surface area (Å²) >= 11 is 3.60. The third-order valence-corrected chi connectivity index (χ3v) is 6.95. The number of benzene rings is 1. The molecule has 1 aliphatic rings. The van der Waals surface area contributed by atoms with Crippen LogP contribution in [0.25, 0.3) is 27.7 Å². The van der Waals surface area contributed by atoms with Gasteiger partial charge in [-0.05, 0) is 40.9 Å². The number of halogens is 1. The number of anilines is 1. The zero-order valence-corrected chi connectivity index (χ0v) is 19.3. The number of aromatic nitrogens is 4. The summed E-state index contributed by atoms with van der Waals surface area (Å²) in [6, 6.07) is 10.5.